The Kier molecular flexibility index (Phi) is 4.44. The molecule has 2 aliphatic heterocycles. The lowest BCUT2D eigenvalue weighted by molar-refractivity contribution is -0.384. The number of piperazine rings is 1. The summed E-state index contributed by atoms with van der Waals surface area (Å²) in [7, 11) is 0. The highest BCUT2D eigenvalue weighted by atomic mass is 16.6. The van der Waals surface area contributed by atoms with Crippen LogP contribution in [0, 0.1) is 10.1 Å². The average Bonchev–Trinajstić information content (AvgIpc) is 3.01. The van der Waals surface area contributed by atoms with Gasteiger partial charge in [0.1, 0.15) is 5.69 Å². The lowest BCUT2D eigenvalue weighted by atomic mass is 10.1. The SMILES string of the molecule is O=C(C1CC(O)CN1)N1CCN(c2ccccc2[N+](=O)[O-])CC1. The van der Waals surface area contributed by atoms with Gasteiger partial charge in [-0.2, -0.15) is 0 Å². The highest BCUT2D eigenvalue weighted by Crippen LogP contribution is 2.28. The van der Waals surface area contributed by atoms with E-state index in [-0.39, 0.29) is 22.6 Å². The summed E-state index contributed by atoms with van der Waals surface area (Å²) in [6, 6.07) is 6.35. The summed E-state index contributed by atoms with van der Waals surface area (Å²) in [5.41, 5.74) is 0.687. The number of nitrogens with zero attached hydrogens (tertiary/aromatic N) is 3. The zero-order chi connectivity index (χ0) is 16.4. The Morgan fingerprint density at radius 2 is 1.96 bits per heavy atom. The third-order valence-corrected chi connectivity index (χ3v) is 4.42. The van der Waals surface area contributed by atoms with E-state index in [0.717, 1.165) is 0 Å². The zero-order valence-electron chi connectivity index (χ0n) is 12.7. The molecule has 2 unspecified atom stereocenters. The maximum absolute atomic E-state index is 12.4. The highest BCUT2D eigenvalue weighted by Gasteiger charge is 2.33. The molecule has 0 aliphatic carbocycles. The van der Waals surface area contributed by atoms with Gasteiger partial charge in [0, 0.05) is 38.8 Å². The molecule has 0 aromatic heterocycles. The largest absolute Gasteiger partial charge is 0.392 e. The topological polar surface area (TPSA) is 99.0 Å². The number of hydrogen-bond acceptors (Lipinski definition) is 6. The lowest BCUT2D eigenvalue weighted by Crippen LogP contribution is -2.53. The molecule has 124 valence electrons. The number of carbonyl (C=O) groups is 1. The molecular weight excluding hydrogens is 300 g/mol. The molecule has 2 saturated heterocycles. The Morgan fingerprint density at radius 3 is 2.57 bits per heavy atom. The minimum atomic E-state index is -0.461. The maximum Gasteiger partial charge on any atom is 0.292 e. The average molecular weight is 320 g/mol. The summed E-state index contributed by atoms with van der Waals surface area (Å²) in [6.45, 7) is 2.63. The third-order valence-electron chi connectivity index (χ3n) is 4.42. The van der Waals surface area contributed by atoms with Crippen molar-refractivity contribution in [2.45, 2.75) is 18.6 Å². The highest BCUT2D eigenvalue weighted by molar-refractivity contribution is 5.82. The first-order valence-corrected chi connectivity index (χ1v) is 7.75. The Balaban J connectivity index is 1.63. The number of para-hydroxylation sites is 2. The van der Waals surface area contributed by atoms with Crippen LogP contribution in [0.5, 0.6) is 0 Å². The van der Waals surface area contributed by atoms with Gasteiger partial charge < -0.3 is 20.2 Å². The molecule has 1 amide bonds. The number of aliphatic hydroxyl groups is 1. The van der Waals surface area contributed by atoms with Crippen molar-refractivity contribution in [3.63, 3.8) is 0 Å². The summed E-state index contributed by atoms with van der Waals surface area (Å²) in [5, 5.41) is 23.7. The van der Waals surface area contributed by atoms with Gasteiger partial charge in [-0.1, -0.05) is 12.1 Å². The number of benzene rings is 1. The van der Waals surface area contributed by atoms with Crippen molar-refractivity contribution in [1.82, 2.24) is 10.2 Å². The molecule has 8 nitrogen and oxygen atoms in total. The smallest absolute Gasteiger partial charge is 0.292 e. The molecule has 2 atom stereocenters. The molecule has 0 spiro atoms. The number of hydrogen-bond donors (Lipinski definition) is 2. The monoisotopic (exact) mass is 320 g/mol. The quantitative estimate of drug-likeness (QED) is 0.599. The van der Waals surface area contributed by atoms with Crippen molar-refractivity contribution in [3.8, 4) is 0 Å². The molecule has 8 heteroatoms. The van der Waals surface area contributed by atoms with Crippen molar-refractivity contribution in [2.75, 3.05) is 37.6 Å². The van der Waals surface area contributed by atoms with Crippen LogP contribution in [0.2, 0.25) is 0 Å². The van der Waals surface area contributed by atoms with Gasteiger partial charge in [0.05, 0.1) is 17.1 Å². The Hall–Kier alpha value is -2.19. The Labute approximate surface area is 133 Å². The lowest BCUT2D eigenvalue weighted by Gasteiger charge is -2.36. The Morgan fingerprint density at radius 1 is 1.26 bits per heavy atom. The Bertz CT molecular complexity index is 601. The molecule has 23 heavy (non-hydrogen) atoms. The zero-order valence-corrected chi connectivity index (χ0v) is 12.7. The number of amides is 1. The molecule has 2 N–H and O–H groups in total. The summed E-state index contributed by atoms with van der Waals surface area (Å²) < 4.78 is 0. The molecule has 0 radical (unpaired) electrons. The van der Waals surface area contributed by atoms with Crippen molar-refractivity contribution in [1.29, 1.82) is 0 Å². The normalized spacial score (nSPS) is 24.7. The molecule has 2 fully saturated rings. The van der Waals surface area contributed by atoms with Crippen LogP contribution in [0.4, 0.5) is 11.4 Å². The molecule has 1 aromatic rings. The first-order chi connectivity index (χ1) is 11.1. The number of carbonyl (C=O) groups excluding carboxylic acids is 1. The second-order valence-corrected chi connectivity index (χ2v) is 5.91. The number of rotatable bonds is 3. The van der Waals surface area contributed by atoms with Crippen molar-refractivity contribution >= 4 is 17.3 Å². The van der Waals surface area contributed by atoms with E-state index in [1.807, 2.05) is 4.90 Å². The van der Waals surface area contributed by atoms with E-state index in [9.17, 15) is 20.0 Å². The number of aliphatic hydroxyl groups excluding tert-OH is 1. The summed E-state index contributed by atoms with van der Waals surface area (Å²) >= 11 is 0. The van der Waals surface area contributed by atoms with E-state index < -0.39 is 6.10 Å². The van der Waals surface area contributed by atoms with Gasteiger partial charge in [0.15, 0.2) is 0 Å². The van der Waals surface area contributed by atoms with E-state index in [0.29, 0.717) is 44.8 Å². The van der Waals surface area contributed by atoms with Crippen molar-refractivity contribution in [3.05, 3.63) is 34.4 Å². The maximum atomic E-state index is 12.4. The van der Waals surface area contributed by atoms with E-state index in [1.165, 1.54) is 6.07 Å². The standard InChI is InChI=1S/C15H20N4O4/c20-11-9-12(16-10-11)15(21)18-7-5-17(6-8-18)13-3-1-2-4-14(13)19(22)23/h1-4,11-12,16,20H,5-10H2. The second-order valence-electron chi connectivity index (χ2n) is 5.91. The summed E-state index contributed by atoms with van der Waals surface area (Å²) in [5.74, 6) is 0.00348. The van der Waals surface area contributed by atoms with E-state index in [1.54, 1.807) is 23.1 Å². The summed E-state index contributed by atoms with van der Waals surface area (Å²) in [4.78, 5) is 26.8. The fourth-order valence-electron chi connectivity index (χ4n) is 3.18. The van der Waals surface area contributed by atoms with Crippen LogP contribution in [-0.4, -0.2) is 65.7 Å². The molecule has 0 bridgehead atoms. The van der Waals surface area contributed by atoms with Gasteiger partial charge in [0.2, 0.25) is 5.91 Å². The van der Waals surface area contributed by atoms with Crippen LogP contribution in [0.15, 0.2) is 24.3 Å². The molecule has 2 heterocycles. The molecule has 1 aromatic carbocycles. The van der Waals surface area contributed by atoms with Crippen LogP contribution in [0.3, 0.4) is 0 Å². The van der Waals surface area contributed by atoms with Crippen LogP contribution < -0.4 is 10.2 Å². The minimum absolute atomic E-state index is 0.00348. The van der Waals surface area contributed by atoms with E-state index in [2.05, 4.69) is 5.32 Å². The number of nitro benzene ring substituents is 1. The molecule has 2 aliphatic rings. The van der Waals surface area contributed by atoms with Crippen LogP contribution in [-0.2, 0) is 4.79 Å². The first-order valence-electron chi connectivity index (χ1n) is 7.75. The molecule has 0 saturated carbocycles. The third kappa shape index (κ3) is 3.27. The predicted molar refractivity (Wildman–Crippen MR) is 84.3 cm³/mol. The van der Waals surface area contributed by atoms with Crippen LogP contribution >= 0.6 is 0 Å². The number of β-amino-alcohol motifs (C(OH)–C–C–N with tert-alkyl or cyclic N) is 1. The molecular formula is C15H20N4O4. The second kappa shape index (κ2) is 6.51. The van der Waals surface area contributed by atoms with Crippen LogP contribution in [0.25, 0.3) is 0 Å². The van der Waals surface area contributed by atoms with Crippen molar-refractivity contribution in [2.24, 2.45) is 0 Å². The van der Waals surface area contributed by atoms with Gasteiger partial charge in [-0.05, 0) is 12.5 Å². The van der Waals surface area contributed by atoms with Gasteiger partial charge in [0.25, 0.3) is 5.69 Å². The summed E-state index contributed by atoms with van der Waals surface area (Å²) in [6.07, 6.45) is -0.0133. The fraction of sp³-hybridized carbons (Fsp3) is 0.533. The predicted octanol–water partition coefficient (Wildman–Crippen LogP) is -0.0338. The fourth-order valence-corrected chi connectivity index (χ4v) is 3.18. The van der Waals surface area contributed by atoms with E-state index >= 15 is 0 Å². The number of nitro groups is 1. The van der Waals surface area contributed by atoms with Crippen LogP contribution in [0.1, 0.15) is 6.42 Å². The first kappa shape index (κ1) is 15.7. The van der Waals surface area contributed by atoms with Gasteiger partial charge in [-0.15, -0.1) is 0 Å². The minimum Gasteiger partial charge on any atom is -0.392 e. The van der Waals surface area contributed by atoms with Gasteiger partial charge in [-0.25, -0.2) is 0 Å². The van der Waals surface area contributed by atoms with Gasteiger partial charge in [-0.3, -0.25) is 14.9 Å². The van der Waals surface area contributed by atoms with E-state index in [4.69, 9.17) is 0 Å². The molecule has 3 rings (SSSR count). The number of anilines is 1. The van der Waals surface area contributed by atoms with Gasteiger partial charge >= 0.3 is 0 Å². The van der Waals surface area contributed by atoms with Crippen molar-refractivity contribution < 1.29 is 14.8 Å². The number of nitrogens with one attached hydrogen (secondary N) is 1.